The van der Waals surface area contributed by atoms with Crippen molar-refractivity contribution in [1.29, 1.82) is 0 Å². The Morgan fingerprint density at radius 3 is 2.44 bits per heavy atom. The van der Waals surface area contributed by atoms with Crippen LogP contribution in [0.3, 0.4) is 0 Å². The zero-order valence-corrected chi connectivity index (χ0v) is 10.6. The van der Waals surface area contributed by atoms with Crippen LogP contribution in [-0.2, 0) is 0 Å². The number of fused-ring (bicyclic) bond motifs is 3. The molecule has 0 aromatic heterocycles. The maximum atomic E-state index is 9.66. The summed E-state index contributed by atoms with van der Waals surface area (Å²) in [6.45, 7) is 0.617. The predicted molar refractivity (Wildman–Crippen MR) is 74.1 cm³/mol. The molecule has 2 nitrogen and oxygen atoms in total. The number of hydrogen-bond donors (Lipinski definition) is 2. The number of benzene rings is 2. The van der Waals surface area contributed by atoms with Crippen LogP contribution in [0.2, 0.25) is 5.02 Å². The van der Waals surface area contributed by atoms with Crippen molar-refractivity contribution in [2.75, 3.05) is 6.54 Å². The number of nitrogens with two attached hydrogens (primary N) is 1. The maximum Gasteiger partial charge on any atom is 0.115 e. The number of phenolic OH excluding ortho intramolecular Hbond substituents is 1. The molecule has 0 heterocycles. The molecule has 3 rings (SSSR count). The summed E-state index contributed by atoms with van der Waals surface area (Å²) in [7, 11) is 0. The van der Waals surface area contributed by atoms with Crippen LogP contribution in [0.15, 0.2) is 36.4 Å². The van der Waals surface area contributed by atoms with Gasteiger partial charge in [0.15, 0.2) is 0 Å². The van der Waals surface area contributed by atoms with Crippen LogP contribution in [0.1, 0.15) is 23.5 Å². The van der Waals surface area contributed by atoms with E-state index in [9.17, 15) is 5.11 Å². The molecule has 2 aromatic carbocycles. The first-order valence-electron chi connectivity index (χ1n) is 6.03. The molecule has 1 atom stereocenters. The van der Waals surface area contributed by atoms with E-state index in [-0.39, 0.29) is 5.92 Å². The van der Waals surface area contributed by atoms with E-state index < -0.39 is 0 Å². The van der Waals surface area contributed by atoms with Gasteiger partial charge in [-0.15, -0.1) is 0 Å². The van der Waals surface area contributed by atoms with Gasteiger partial charge < -0.3 is 10.8 Å². The predicted octanol–water partition coefficient (Wildman–Crippen LogP) is 3.51. The summed E-state index contributed by atoms with van der Waals surface area (Å²) < 4.78 is 0. The smallest absolute Gasteiger partial charge is 0.115 e. The second kappa shape index (κ2) is 4.30. The Morgan fingerprint density at radius 2 is 1.72 bits per heavy atom. The van der Waals surface area contributed by atoms with Gasteiger partial charge in [0.2, 0.25) is 0 Å². The van der Waals surface area contributed by atoms with Crippen LogP contribution in [0.4, 0.5) is 0 Å². The highest BCUT2D eigenvalue weighted by Gasteiger charge is 2.28. The van der Waals surface area contributed by atoms with Crippen molar-refractivity contribution in [3.8, 4) is 16.9 Å². The van der Waals surface area contributed by atoms with Crippen LogP contribution in [0.5, 0.6) is 5.75 Å². The summed E-state index contributed by atoms with van der Waals surface area (Å²) >= 11 is 6.08. The number of rotatable bonds is 2. The van der Waals surface area contributed by atoms with Crippen LogP contribution < -0.4 is 5.73 Å². The minimum absolute atomic E-state index is 0.241. The lowest BCUT2D eigenvalue weighted by molar-refractivity contribution is 0.474. The van der Waals surface area contributed by atoms with Crippen molar-refractivity contribution < 1.29 is 5.11 Å². The lowest BCUT2D eigenvalue weighted by Crippen LogP contribution is -2.06. The fourth-order valence-electron chi connectivity index (χ4n) is 2.80. The SMILES string of the molecule is NCCC1c2cc(O)ccc2-c2ccc(Cl)cc21. The molecule has 1 aliphatic rings. The second-order valence-corrected chi connectivity index (χ2v) is 5.07. The Morgan fingerprint density at radius 1 is 1.06 bits per heavy atom. The molecule has 2 aromatic rings. The monoisotopic (exact) mass is 259 g/mol. The minimum atomic E-state index is 0.241. The van der Waals surface area contributed by atoms with Crippen LogP contribution in [-0.4, -0.2) is 11.7 Å². The van der Waals surface area contributed by atoms with Gasteiger partial charge in [-0.25, -0.2) is 0 Å². The number of halogens is 1. The first-order valence-corrected chi connectivity index (χ1v) is 6.41. The topological polar surface area (TPSA) is 46.2 Å². The van der Waals surface area contributed by atoms with Crippen molar-refractivity contribution in [2.45, 2.75) is 12.3 Å². The van der Waals surface area contributed by atoms with E-state index in [1.165, 1.54) is 16.7 Å². The third-order valence-corrected chi connectivity index (χ3v) is 3.78. The Kier molecular flexibility index (Phi) is 2.77. The molecule has 0 radical (unpaired) electrons. The highest BCUT2D eigenvalue weighted by Crippen LogP contribution is 2.47. The zero-order valence-electron chi connectivity index (χ0n) is 9.86. The Bertz CT molecular complexity index is 558. The summed E-state index contributed by atoms with van der Waals surface area (Å²) in [5.74, 6) is 0.542. The van der Waals surface area contributed by atoms with Gasteiger partial charge in [0.25, 0.3) is 0 Å². The lowest BCUT2D eigenvalue weighted by Gasteiger charge is -2.12. The van der Waals surface area contributed by atoms with E-state index in [2.05, 4.69) is 0 Å². The minimum Gasteiger partial charge on any atom is -0.508 e. The molecule has 1 unspecified atom stereocenters. The molecular formula is C15H14ClNO. The average molecular weight is 260 g/mol. The molecule has 0 amide bonds. The molecule has 1 aliphatic carbocycles. The van der Waals surface area contributed by atoms with Gasteiger partial charge in [0, 0.05) is 10.9 Å². The third kappa shape index (κ3) is 1.69. The molecule has 3 heteroatoms. The van der Waals surface area contributed by atoms with Gasteiger partial charge in [-0.1, -0.05) is 23.7 Å². The average Bonchev–Trinajstić information content (AvgIpc) is 2.63. The van der Waals surface area contributed by atoms with Gasteiger partial charge in [-0.2, -0.15) is 0 Å². The molecule has 0 spiro atoms. The van der Waals surface area contributed by atoms with E-state index in [4.69, 9.17) is 17.3 Å². The van der Waals surface area contributed by atoms with E-state index >= 15 is 0 Å². The molecule has 18 heavy (non-hydrogen) atoms. The van der Waals surface area contributed by atoms with E-state index in [1.807, 2.05) is 30.3 Å². The first kappa shape index (κ1) is 11.6. The van der Waals surface area contributed by atoms with E-state index in [1.54, 1.807) is 6.07 Å². The Hall–Kier alpha value is -1.51. The molecule has 0 bridgehead atoms. The quantitative estimate of drug-likeness (QED) is 0.867. The second-order valence-electron chi connectivity index (χ2n) is 4.63. The fraction of sp³-hybridized carbons (Fsp3) is 0.200. The van der Waals surface area contributed by atoms with Gasteiger partial charge in [-0.05, 0) is 59.5 Å². The standard InChI is InChI=1S/C15H14ClNO/c16-9-1-3-11-12-4-2-10(18)8-15(12)13(5-6-17)14(11)7-9/h1-4,7-8,13,18H,5-6,17H2. The lowest BCUT2D eigenvalue weighted by atomic mass is 9.93. The summed E-state index contributed by atoms with van der Waals surface area (Å²) in [5, 5.41) is 10.4. The summed E-state index contributed by atoms with van der Waals surface area (Å²) in [4.78, 5) is 0. The third-order valence-electron chi connectivity index (χ3n) is 3.55. The van der Waals surface area contributed by atoms with Crippen LogP contribution >= 0.6 is 11.6 Å². The zero-order chi connectivity index (χ0) is 12.7. The van der Waals surface area contributed by atoms with Crippen LogP contribution in [0.25, 0.3) is 11.1 Å². The Balaban J connectivity index is 2.22. The molecule has 0 aliphatic heterocycles. The maximum absolute atomic E-state index is 9.66. The van der Waals surface area contributed by atoms with Crippen molar-refractivity contribution >= 4 is 11.6 Å². The molecule has 92 valence electrons. The van der Waals surface area contributed by atoms with Crippen molar-refractivity contribution in [1.82, 2.24) is 0 Å². The highest BCUT2D eigenvalue weighted by atomic mass is 35.5. The summed E-state index contributed by atoms with van der Waals surface area (Å²) in [6, 6.07) is 11.5. The van der Waals surface area contributed by atoms with Crippen molar-refractivity contribution in [3.63, 3.8) is 0 Å². The highest BCUT2D eigenvalue weighted by molar-refractivity contribution is 6.30. The molecular weight excluding hydrogens is 246 g/mol. The number of phenols is 1. The van der Waals surface area contributed by atoms with Crippen molar-refractivity contribution in [2.24, 2.45) is 5.73 Å². The number of aromatic hydroxyl groups is 1. The number of hydrogen-bond acceptors (Lipinski definition) is 2. The van der Waals surface area contributed by atoms with E-state index in [0.29, 0.717) is 12.3 Å². The molecule has 0 saturated carbocycles. The van der Waals surface area contributed by atoms with Gasteiger partial charge in [-0.3, -0.25) is 0 Å². The van der Waals surface area contributed by atoms with Gasteiger partial charge in [0.1, 0.15) is 5.75 Å². The van der Waals surface area contributed by atoms with Crippen molar-refractivity contribution in [3.05, 3.63) is 52.5 Å². The summed E-state index contributed by atoms with van der Waals surface area (Å²) in [5.41, 5.74) is 10.5. The van der Waals surface area contributed by atoms with Crippen LogP contribution in [0, 0.1) is 0 Å². The normalized spacial score (nSPS) is 16.4. The van der Waals surface area contributed by atoms with Gasteiger partial charge in [0.05, 0.1) is 0 Å². The molecule has 0 saturated heterocycles. The molecule has 0 fully saturated rings. The first-order chi connectivity index (χ1) is 8.70. The fourth-order valence-corrected chi connectivity index (χ4v) is 2.98. The molecule has 3 N–H and O–H groups in total. The Labute approximate surface area is 111 Å². The van der Waals surface area contributed by atoms with Gasteiger partial charge >= 0.3 is 0 Å². The largest absolute Gasteiger partial charge is 0.508 e. The summed E-state index contributed by atoms with van der Waals surface area (Å²) in [6.07, 6.45) is 0.865. The van der Waals surface area contributed by atoms with E-state index in [0.717, 1.165) is 17.0 Å².